The monoisotopic (exact) mass is 581 g/mol. The Kier molecular flexibility index (Phi) is 7.95. The van der Waals surface area contributed by atoms with Crippen molar-refractivity contribution in [2.45, 2.75) is 56.4 Å². The number of aromatic nitrogens is 1. The number of carbonyl (C=O) groups excluding carboxylic acids is 1. The summed E-state index contributed by atoms with van der Waals surface area (Å²) in [5.41, 5.74) is -11.1. The van der Waals surface area contributed by atoms with Gasteiger partial charge in [0, 0.05) is 19.5 Å². The molecule has 1 amide bonds. The van der Waals surface area contributed by atoms with Crippen LogP contribution in [0.25, 0.3) is 0 Å². The van der Waals surface area contributed by atoms with Gasteiger partial charge in [-0.1, -0.05) is 13.0 Å². The summed E-state index contributed by atoms with van der Waals surface area (Å²) in [5, 5.41) is 2.70. The summed E-state index contributed by atoms with van der Waals surface area (Å²) in [6.07, 6.45) is -22.7. The van der Waals surface area contributed by atoms with Crippen molar-refractivity contribution in [3.05, 3.63) is 58.3 Å². The largest absolute Gasteiger partial charge is 0.433 e. The van der Waals surface area contributed by atoms with Gasteiger partial charge in [-0.3, -0.25) is 9.69 Å². The van der Waals surface area contributed by atoms with E-state index in [0.29, 0.717) is 13.0 Å². The molecule has 39 heavy (non-hydrogen) atoms. The molecule has 1 aromatic carbocycles. The first kappa shape index (κ1) is 30.5. The molecular weight excluding hydrogens is 562 g/mol. The van der Waals surface area contributed by atoms with Crippen LogP contribution in [0, 0.1) is 0 Å². The van der Waals surface area contributed by atoms with Gasteiger partial charge in [-0.25, -0.2) is 4.98 Å². The standard InChI is InChI=1S/C23H19F12N3O/c1-2-5-36-10-12-3-4-16(37-18(12)22(30,31)32)38-11-19(9-17(38)39,23(33,34)35)13-6-14(20(24,25)26)8-15(7-13)21(27,28)29/h3-4,6-8,36H,2,5,9-11H2,1H3. The quantitative estimate of drug-likeness (QED) is 0.299. The molecule has 0 bridgehead atoms. The van der Waals surface area contributed by atoms with Crippen molar-refractivity contribution >= 4 is 11.7 Å². The van der Waals surface area contributed by atoms with E-state index in [4.69, 9.17) is 0 Å². The number of benzene rings is 1. The molecule has 4 nitrogen and oxygen atoms in total. The van der Waals surface area contributed by atoms with Crippen LogP contribution in [0.15, 0.2) is 30.3 Å². The Morgan fingerprint density at radius 2 is 1.44 bits per heavy atom. The molecule has 1 unspecified atom stereocenters. The normalized spacial score (nSPS) is 19.2. The maximum Gasteiger partial charge on any atom is 0.433 e. The predicted molar refractivity (Wildman–Crippen MR) is 112 cm³/mol. The van der Waals surface area contributed by atoms with Gasteiger partial charge in [-0.2, -0.15) is 52.7 Å². The minimum absolute atomic E-state index is 0.142. The lowest BCUT2D eigenvalue weighted by atomic mass is 9.77. The molecule has 3 rings (SSSR count). The van der Waals surface area contributed by atoms with Gasteiger partial charge in [0.15, 0.2) is 5.69 Å². The van der Waals surface area contributed by atoms with Gasteiger partial charge in [0.05, 0.1) is 11.1 Å². The number of pyridine rings is 1. The lowest BCUT2D eigenvalue weighted by Gasteiger charge is -2.32. The predicted octanol–water partition coefficient (Wildman–Crippen LogP) is 6.87. The molecule has 0 aliphatic carbocycles. The van der Waals surface area contributed by atoms with Crippen molar-refractivity contribution in [3.8, 4) is 0 Å². The summed E-state index contributed by atoms with van der Waals surface area (Å²) < 4.78 is 164. The average Bonchev–Trinajstić information content (AvgIpc) is 3.16. The average molecular weight is 581 g/mol. The van der Waals surface area contributed by atoms with Gasteiger partial charge in [0.25, 0.3) is 0 Å². The molecule has 1 saturated heterocycles. The fourth-order valence-corrected chi connectivity index (χ4v) is 4.17. The Balaban J connectivity index is 2.15. The van der Waals surface area contributed by atoms with E-state index in [1.807, 2.05) is 0 Å². The molecule has 0 saturated carbocycles. The number of nitrogens with one attached hydrogen (secondary N) is 1. The Labute approximate surface area is 213 Å². The molecule has 1 fully saturated rings. The molecule has 0 spiro atoms. The zero-order chi connectivity index (χ0) is 29.6. The van der Waals surface area contributed by atoms with Gasteiger partial charge in [-0.05, 0) is 48.4 Å². The number of anilines is 1. The van der Waals surface area contributed by atoms with Gasteiger partial charge >= 0.3 is 24.7 Å². The van der Waals surface area contributed by atoms with Crippen LogP contribution < -0.4 is 10.2 Å². The summed E-state index contributed by atoms with van der Waals surface area (Å²) >= 11 is 0. The van der Waals surface area contributed by atoms with Crippen molar-refractivity contribution in [2.75, 3.05) is 18.0 Å². The second-order valence-corrected chi connectivity index (χ2v) is 8.88. The first-order chi connectivity index (χ1) is 17.7. The number of halogens is 12. The summed E-state index contributed by atoms with van der Waals surface area (Å²) in [6.45, 7) is 0.161. The van der Waals surface area contributed by atoms with Crippen LogP contribution in [0.4, 0.5) is 58.5 Å². The highest BCUT2D eigenvalue weighted by atomic mass is 19.4. The van der Waals surface area contributed by atoms with E-state index in [1.54, 1.807) is 6.92 Å². The van der Waals surface area contributed by atoms with Crippen molar-refractivity contribution < 1.29 is 57.5 Å². The highest BCUT2D eigenvalue weighted by Gasteiger charge is 2.63. The van der Waals surface area contributed by atoms with Gasteiger partial charge in [-0.15, -0.1) is 0 Å². The van der Waals surface area contributed by atoms with E-state index in [1.165, 1.54) is 0 Å². The maximum atomic E-state index is 14.4. The number of carbonyl (C=O) groups is 1. The van der Waals surface area contributed by atoms with Crippen molar-refractivity contribution in [3.63, 3.8) is 0 Å². The molecule has 1 aliphatic heterocycles. The first-order valence-corrected chi connectivity index (χ1v) is 11.2. The molecule has 1 atom stereocenters. The fraction of sp³-hybridized carbons (Fsp3) is 0.478. The molecule has 2 aromatic rings. The Hall–Kier alpha value is -3.04. The lowest BCUT2D eigenvalue weighted by Crippen LogP contribution is -2.45. The van der Waals surface area contributed by atoms with E-state index in [9.17, 15) is 57.5 Å². The highest BCUT2D eigenvalue weighted by molar-refractivity contribution is 5.96. The second-order valence-electron chi connectivity index (χ2n) is 8.88. The van der Waals surface area contributed by atoms with Gasteiger partial charge in [0.2, 0.25) is 5.91 Å². The summed E-state index contributed by atoms with van der Waals surface area (Å²) in [6, 6.07) is 1.05. The number of hydrogen-bond donors (Lipinski definition) is 1. The van der Waals surface area contributed by atoms with E-state index in [2.05, 4.69) is 10.3 Å². The van der Waals surface area contributed by atoms with E-state index >= 15 is 0 Å². The number of hydrogen-bond acceptors (Lipinski definition) is 3. The van der Waals surface area contributed by atoms with E-state index in [0.717, 1.165) is 12.1 Å². The van der Waals surface area contributed by atoms with Crippen LogP contribution in [0.3, 0.4) is 0 Å². The molecule has 2 heterocycles. The molecule has 1 aliphatic rings. The van der Waals surface area contributed by atoms with Crippen LogP contribution in [-0.4, -0.2) is 30.2 Å². The SMILES string of the molecule is CCCNCc1ccc(N2CC(c3cc(C(F)(F)F)cc(C(F)(F)F)c3)(C(F)(F)F)CC2=O)nc1C(F)(F)F. The third-order valence-corrected chi connectivity index (χ3v) is 6.12. The molecule has 0 radical (unpaired) electrons. The highest BCUT2D eigenvalue weighted by Crippen LogP contribution is 2.51. The minimum Gasteiger partial charge on any atom is -0.313 e. The molecular formula is C23H19F12N3O. The van der Waals surface area contributed by atoms with Gasteiger partial charge in [0.1, 0.15) is 11.2 Å². The lowest BCUT2D eigenvalue weighted by molar-refractivity contribution is -0.186. The number of rotatable bonds is 6. The molecule has 1 N–H and O–H groups in total. The minimum atomic E-state index is -5.58. The van der Waals surface area contributed by atoms with Crippen LogP contribution in [0.5, 0.6) is 0 Å². The summed E-state index contributed by atoms with van der Waals surface area (Å²) in [4.78, 5) is 16.2. The fourth-order valence-electron chi connectivity index (χ4n) is 4.17. The third kappa shape index (κ3) is 6.25. The Bertz CT molecular complexity index is 1180. The topological polar surface area (TPSA) is 45.2 Å². The van der Waals surface area contributed by atoms with Crippen LogP contribution in [0.2, 0.25) is 0 Å². The summed E-state index contributed by atoms with van der Waals surface area (Å²) in [7, 11) is 0. The van der Waals surface area contributed by atoms with Crippen molar-refractivity contribution in [2.24, 2.45) is 0 Å². The van der Waals surface area contributed by atoms with Crippen molar-refractivity contribution in [1.82, 2.24) is 10.3 Å². The second kappa shape index (κ2) is 10.2. The molecule has 1 aromatic heterocycles. The molecule has 216 valence electrons. The number of alkyl halides is 12. The first-order valence-electron chi connectivity index (χ1n) is 11.2. The van der Waals surface area contributed by atoms with Gasteiger partial charge < -0.3 is 5.32 Å². The third-order valence-electron chi connectivity index (χ3n) is 6.12. The zero-order valence-electron chi connectivity index (χ0n) is 19.8. The smallest absolute Gasteiger partial charge is 0.313 e. The van der Waals surface area contributed by atoms with E-state index in [-0.39, 0.29) is 35.2 Å². The Morgan fingerprint density at radius 3 is 1.90 bits per heavy atom. The molecule has 16 heteroatoms. The Morgan fingerprint density at radius 1 is 0.872 bits per heavy atom. The number of amides is 1. The zero-order valence-corrected chi connectivity index (χ0v) is 19.8. The van der Waals surface area contributed by atoms with Crippen molar-refractivity contribution in [1.29, 1.82) is 0 Å². The van der Waals surface area contributed by atoms with Crippen LogP contribution >= 0.6 is 0 Å². The maximum absolute atomic E-state index is 14.4. The van der Waals surface area contributed by atoms with Crippen LogP contribution in [-0.2, 0) is 35.3 Å². The number of nitrogens with zero attached hydrogens (tertiary/aromatic N) is 2. The van der Waals surface area contributed by atoms with E-state index < -0.39 is 77.2 Å². The summed E-state index contributed by atoms with van der Waals surface area (Å²) in [5.74, 6) is -2.38. The van der Waals surface area contributed by atoms with Crippen LogP contribution in [0.1, 0.15) is 47.7 Å².